The van der Waals surface area contributed by atoms with E-state index in [1.165, 1.54) is 23.5 Å². The van der Waals surface area contributed by atoms with Gasteiger partial charge in [-0.05, 0) is 42.0 Å². The Morgan fingerprint density at radius 2 is 1.48 bits per heavy atom. The molecule has 0 amide bonds. The third-order valence-corrected chi connectivity index (χ3v) is 3.27. The molecule has 0 atom stereocenters. The first-order valence-electron chi connectivity index (χ1n) is 7.57. The number of aromatic nitrogens is 2. The maximum absolute atomic E-state index is 12.1. The Balaban J connectivity index is 0.000000238. The van der Waals surface area contributed by atoms with Crippen molar-refractivity contribution in [2.24, 2.45) is 0 Å². The first-order chi connectivity index (χ1) is 10.6. The molecule has 0 saturated heterocycles. The summed E-state index contributed by atoms with van der Waals surface area (Å²) >= 11 is 0. The van der Waals surface area contributed by atoms with Gasteiger partial charge < -0.3 is 0 Å². The molecule has 23 heavy (non-hydrogen) atoms. The van der Waals surface area contributed by atoms with Crippen LogP contribution in [0.1, 0.15) is 62.0 Å². The van der Waals surface area contributed by atoms with Gasteiger partial charge in [-0.2, -0.15) is 13.2 Å². The van der Waals surface area contributed by atoms with Gasteiger partial charge in [-0.25, -0.2) is 0 Å². The van der Waals surface area contributed by atoms with Crippen molar-refractivity contribution in [1.29, 1.82) is 0 Å². The molecule has 0 unspecified atom stereocenters. The summed E-state index contributed by atoms with van der Waals surface area (Å²) in [7, 11) is 0. The van der Waals surface area contributed by atoms with Crippen LogP contribution in [0.2, 0.25) is 0 Å². The fourth-order valence-electron chi connectivity index (χ4n) is 1.74. The molecular formula is C18H23F3N2. The van der Waals surface area contributed by atoms with Crippen LogP contribution < -0.4 is 0 Å². The Kier molecular flexibility index (Phi) is 6.73. The van der Waals surface area contributed by atoms with E-state index in [0.717, 1.165) is 11.6 Å². The van der Waals surface area contributed by atoms with Gasteiger partial charge in [0.15, 0.2) is 0 Å². The van der Waals surface area contributed by atoms with Crippen LogP contribution in [0.5, 0.6) is 0 Å². The van der Waals surface area contributed by atoms with Gasteiger partial charge in [0.05, 0.1) is 0 Å². The van der Waals surface area contributed by atoms with E-state index < -0.39 is 11.9 Å². The second kappa shape index (κ2) is 8.09. The zero-order chi connectivity index (χ0) is 17.6. The van der Waals surface area contributed by atoms with Crippen LogP contribution in [-0.4, -0.2) is 9.97 Å². The third-order valence-electron chi connectivity index (χ3n) is 3.27. The molecule has 2 rings (SSSR count). The molecule has 0 aliphatic carbocycles. The molecular weight excluding hydrogens is 301 g/mol. The largest absolute Gasteiger partial charge is 0.433 e. The SMILES string of the molecule is CC(C)c1ccc(C(F)(F)F)nc1.Cc1ccc(C(C)C)nc1. The quantitative estimate of drug-likeness (QED) is 0.704. The van der Waals surface area contributed by atoms with Crippen molar-refractivity contribution < 1.29 is 13.2 Å². The number of pyridine rings is 2. The van der Waals surface area contributed by atoms with E-state index in [1.54, 1.807) is 0 Å². The minimum absolute atomic E-state index is 0.204. The van der Waals surface area contributed by atoms with E-state index in [1.807, 2.05) is 20.0 Å². The standard InChI is InChI=1S/C9H10F3N.C9H13N/c1-6(2)7-3-4-8(13-5-7)9(10,11)12;1-7(2)9-5-4-8(3)6-10-9/h3-6H,1-2H3;4-7H,1-3H3. The highest BCUT2D eigenvalue weighted by Gasteiger charge is 2.32. The molecule has 2 heterocycles. The Morgan fingerprint density at radius 1 is 0.826 bits per heavy atom. The highest BCUT2D eigenvalue weighted by molar-refractivity contribution is 5.18. The van der Waals surface area contributed by atoms with Crippen molar-refractivity contribution in [1.82, 2.24) is 9.97 Å². The van der Waals surface area contributed by atoms with Crippen molar-refractivity contribution in [3.8, 4) is 0 Å². The van der Waals surface area contributed by atoms with E-state index in [0.29, 0.717) is 5.92 Å². The molecule has 0 radical (unpaired) electrons. The van der Waals surface area contributed by atoms with Crippen molar-refractivity contribution in [3.63, 3.8) is 0 Å². The summed E-state index contributed by atoms with van der Waals surface area (Å²) < 4.78 is 36.2. The van der Waals surface area contributed by atoms with Gasteiger partial charge in [-0.1, -0.05) is 39.8 Å². The van der Waals surface area contributed by atoms with Crippen molar-refractivity contribution in [3.05, 3.63) is 59.2 Å². The average Bonchev–Trinajstić information content (AvgIpc) is 2.47. The lowest BCUT2D eigenvalue weighted by Gasteiger charge is -2.07. The minimum atomic E-state index is -4.34. The Morgan fingerprint density at radius 3 is 1.83 bits per heavy atom. The van der Waals surface area contributed by atoms with E-state index in [4.69, 9.17) is 0 Å². The van der Waals surface area contributed by atoms with E-state index in [9.17, 15) is 13.2 Å². The number of hydrogen-bond donors (Lipinski definition) is 0. The summed E-state index contributed by atoms with van der Waals surface area (Å²) in [4.78, 5) is 7.62. The summed E-state index contributed by atoms with van der Waals surface area (Å²) in [5.74, 6) is 0.746. The molecule has 0 bridgehead atoms. The van der Waals surface area contributed by atoms with E-state index in [2.05, 4.69) is 42.9 Å². The van der Waals surface area contributed by atoms with Crippen LogP contribution in [0.3, 0.4) is 0 Å². The van der Waals surface area contributed by atoms with Gasteiger partial charge in [0.2, 0.25) is 0 Å². The zero-order valence-electron chi connectivity index (χ0n) is 14.1. The van der Waals surface area contributed by atoms with Crippen molar-refractivity contribution in [2.45, 2.75) is 52.6 Å². The van der Waals surface area contributed by atoms with Crippen LogP contribution in [-0.2, 0) is 6.18 Å². The number of alkyl halides is 3. The van der Waals surface area contributed by atoms with Gasteiger partial charge in [-0.3, -0.25) is 9.97 Å². The van der Waals surface area contributed by atoms with Gasteiger partial charge in [0.25, 0.3) is 0 Å². The van der Waals surface area contributed by atoms with Gasteiger partial charge in [0.1, 0.15) is 5.69 Å². The van der Waals surface area contributed by atoms with Crippen LogP contribution in [0.15, 0.2) is 36.7 Å². The normalized spacial score (nSPS) is 11.4. The molecule has 0 saturated carbocycles. The van der Waals surface area contributed by atoms with Gasteiger partial charge in [-0.15, -0.1) is 0 Å². The fraction of sp³-hybridized carbons (Fsp3) is 0.444. The summed E-state index contributed by atoms with van der Waals surface area (Å²) in [5.41, 5.74) is 2.37. The number of hydrogen-bond acceptors (Lipinski definition) is 2. The second-order valence-electron chi connectivity index (χ2n) is 6.04. The van der Waals surface area contributed by atoms with Crippen molar-refractivity contribution >= 4 is 0 Å². The van der Waals surface area contributed by atoms with E-state index >= 15 is 0 Å². The molecule has 2 aromatic heterocycles. The Hall–Kier alpha value is -1.91. The maximum Gasteiger partial charge on any atom is 0.433 e. The molecule has 5 heteroatoms. The molecule has 0 aliphatic rings. The molecule has 2 nitrogen and oxygen atoms in total. The predicted molar refractivity (Wildman–Crippen MR) is 86.4 cm³/mol. The molecule has 0 aliphatic heterocycles. The lowest BCUT2D eigenvalue weighted by Crippen LogP contribution is -2.07. The van der Waals surface area contributed by atoms with Gasteiger partial charge >= 0.3 is 6.18 Å². The summed E-state index contributed by atoms with van der Waals surface area (Å²) in [5, 5.41) is 0. The summed E-state index contributed by atoms with van der Waals surface area (Å²) in [6, 6.07) is 6.65. The molecule has 0 N–H and O–H groups in total. The van der Waals surface area contributed by atoms with Gasteiger partial charge in [0, 0.05) is 18.1 Å². The third kappa shape index (κ3) is 6.38. The number of aryl methyl sites for hydroxylation is 1. The molecule has 126 valence electrons. The maximum atomic E-state index is 12.1. The van der Waals surface area contributed by atoms with E-state index in [-0.39, 0.29) is 5.92 Å². The molecule has 2 aromatic rings. The monoisotopic (exact) mass is 324 g/mol. The summed E-state index contributed by atoms with van der Waals surface area (Å²) in [6.07, 6.45) is -1.15. The minimum Gasteiger partial charge on any atom is -0.261 e. The topological polar surface area (TPSA) is 25.8 Å². The van der Waals surface area contributed by atoms with Crippen LogP contribution in [0.4, 0.5) is 13.2 Å². The number of rotatable bonds is 2. The van der Waals surface area contributed by atoms with Crippen molar-refractivity contribution in [2.75, 3.05) is 0 Å². The summed E-state index contributed by atoms with van der Waals surface area (Å²) in [6.45, 7) is 10.2. The fourth-order valence-corrected chi connectivity index (χ4v) is 1.74. The molecule has 0 aromatic carbocycles. The molecule has 0 spiro atoms. The van der Waals surface area contributed by atoms with Crippen LogP contribution >= 0.6 is 0 Å². The lowest BCUT2D eigenvalue weighted by molar-refractivity contribution is -0.141. The average molecular weight is 324 g/mol. The Labute approximate surface area is 135 Å². The second-order valence-corrected chi connectivity index (χ2v) is 6.04. The Bertz CT molecular complexity index is 585. The first kappa shape index (κ1) is 19.1. The molecule has 0 fully saturated rings. The zero-order valence-corrected chi connectivity index (χ0v) is 14.1. The highest BCUT2D eigenvalue weighted by Crippen LogP contribution is 2.27. The number of halogens is 3. The van der Waals surface area contributed by atoms with Crippen LogP contribution in [0, 0.1) is 6.92 Å². The lowest BCUT2D eigenvalue weighted by atomic mass is 10.1. The number of nitrogens with zero attached hydrogens (tertiary/aromatic N) is 2. The highest BCUT2D eigenvalue weighted by atomic mass is 19.4. The smallest absolute Gasteiger partial charge is 0.261 e. The predicted octanol–water partition coefficient (Wildman–Crippen LogP) is 5.74. The first-order valence-corrected chi connectivity index (χ1v) is 7.57. The van der Waals surface area contributed by atoms with Crippen LogP contribution in [0.25, 0.3) is 0 Å².